The topological polar surface area (TPSA) is 37.3 Å². The Morgan fingerprint density at radius 1 is 1.36 bits per heavy atom. The first kappa shape index (κ1) is 11.8. The summed E-state index contributed by atoms with van der Waals surface area (Å²) in [6.45, 7) is 0. The van der Waals surface area contributed by atoms with E-state index < -0.39 is 11.1 Å². The third-order valence-electron chi connectivity index (χ3n) is 1.02. The molecule has 1 N–H and O–H groups in total. The molecule has 0 aliphatic carbocycles. The molecule has 1 rings (SSSR count). The number of hydrogen-bond acceptors (Lipinski definition) is 1. The molecule has 0 aromatic heterocycles. The van der Waals surface area contributed by atoms with Crippen LogP contribution in [0.25, 0.3) is 0 Å². The van der Waals surface area contributed by atoms with Crippen LogP contribution < -0.4 is 29.6 Å². The van der Waals surface area contributed by atoms with Crippen molar-refractivity contribution in [3.8, 4) is 0 Å². The molecule has 11 heavy (non-hydrogen) atoms. The van der Waals surface area contributed by atoms with E-state index in [4.69, 9.17) is 4.55 Å². The Morgan fingerprint density at radius 3 is 2.18 bits per heavy atom. The maximum Gasteiger partial charge on any atom is 1.00 e. The van der Waals surface area contributed by atoms with Gasteiger partial charge in [0.15, 0.2) is 11.1 Å². The molecule has 5 heteroatoms. The van der Waals surface area contributed by atoms with Crippen molar-refractivity contribution in [1.29, 1.82) is 0 Å². The van der Waals surface area contributed by atoms with E-state index in [-0.39, 0.29) is 31.0 Å². The maximum absolute atomic E-state index is 10.4. The van der Waals surface area contributed by atoms with Crippen LogP contribution in [0.2, 0.25) is 0 Å². The molecule has 0 fully saturated rings. The van der Waals surface area contributed by atoms with Crippen LogP contribution in [0.4, 0.5) is 0 Å². The van der Waals surface area contributed by atoms with Crippen LogP contribution in [0.3, 0.4) is 0 Å². The molecule has 0 aliphatic heterocycles. The van der Waals surface area contributed by atoms with E-state index in [1.165, 1.54) is 0 Å². The molecular formula is C6H6BrNaO2S. The van der Waals surface area contributed by atoms with Gasteiger partial charge in [-0.3, -0.25) is 0 Å². The van der Waals surface area contributed by atoms with Gasteiger partial charge in [-0.1, -0.05) is 15.9 Å². The summed E-state index contributed by atoms with van der Waals surface area (Å²) >= 11 is 1.36. The van der Waals surface area contributed by atoms with Gasteiger partial charge < -0.3 is 5.98 Å². The van der Waals surface area contributed by atoms with Crippen molar-refractivity contribution in [1.82, 2.24) is 0 Å². The molecule has 0 saturated heterocycles. The predicted octanol–water partition coefficient (Wildman–Crippen LogP) is -0.854. The zero-order chi connectivity index (χ0) is 7.56. The summed E-state index contributed by atoms with van der Waals surface area (Å²) in [5, 5.41) is 0. The molecule has 0 radical (unpaired) electrons. The fourth-order valence-corrected chi connectivity index (χ4v) is 1.18. The summed E-state index contributed by atoms with van der Waals surface area (Å²) < 4.78 is 19.9. The van der Waals surface area contributed by atoms with Crippen molar-refractivity contribution >= 4 is 27.0 Å². The Morgan fingerprint density at radius 2 is 1.82 bits per heavy atom. The Balaban J connectivity index is 0. The maximum atomic E-state index is 10.4. The van der Waals surface area contributed by atoms with Gasteiger partial charge in [0, 0.05) is 4.47 Å². The summed E-state index contributed by atoms with van der Waals surface area (Å²) in [6.07, 6.45) is 0. The Labute approximate surface area is 99.6 Å². The zero-order valence-electron chi connectivity index (χ0n) is 6.95. The molecule has 0 bridgehead atoms. The van der Waals surface area contributed by atoms with Crippen molar-refractivity contribution in [2.75, 3.05) is 0 Å². The van der Waals surface area contributed by atoms with E-state index >= 15 is 0 Å². The van der Waals surface area contributed by atoms with Gasteiger partial charge in [-0.2, -0.15) is 0 Å². The van der Waals surface area contributed by atoms with Gasteiger partial charge in [0.05, 0.1) is 4.90 Å². The second-order valence-electron chi connectivity index (χ2n) is 1.70. The monoisotopic (exact) mass is 244 g/mol. The SMILES string of the molecule is O=S(O)c1ccc(Br)cc1.[H-].[Na+]. The fourth-order valence-electron chi connectivity index (χ4n) is 0.551. The Bertz CT molecular complexity index is 254. The summed E-state index contributed by atoms with van der Waals surface area (Å²) in [6, 6.07) is 6.65. The van der Waals surface area contributed by atoms with Gasteiger partial charge in [0.25, 0.3) is 0 Å². The van der Waals surface area contributed by atoms with Crippen molar-refractivity contribution in [3.63, 3.8) is 0 Å². The van der Waals surface area contributed by atoms with Crippen LogP contribution in [0.5, 0.6) is 0 Å². The van der Waals surface area contributed by atoms with Crippen LogP contribution in [0, 0.1) is 0 Å². The predicted molar refractivity (Wildman–Crippen MR) is 44.3 cm³/mol. The van der Waals surface area contributed by atoms with Crippen molar-refractivity contribution < 1.29 is 39.7 Å². The molecule has 0 spiro atoms. The molecule has 2 nitrogen and oxygen atoms in total. The molecule has 1 aromatic carbocycles. The van der Waals surface area contributed by atoms with E-state index in [1.807, 2.05) is 0 Å². The summed E-state index contributed by atoms with van der Waals surface area (Å²) in [5.41, 5.74) is 0. The minimum atomic E-state index is -1.86. The van der Waals surface area contributed by atoms with Gasteiger partial charge in [-0.15, -0.1) is 0 Å². The summed E-state index contributed by atoms with van der Waals surface area (Å²) in [5.74, 6) is 0. The molecule has 1 atom stereocenters. The van der Waals surface area contributed by atoms with E-state index in [1.54, 1.807) is 24.3 Å². The first-order chi connectivity index (χ1) is 4.70. The van der Waals surface area contributed by atoms with Crippen molar-refractivity contribution in [3.05, 3.63) is 28.7 Å². The largest absolute Gasteiger partial charge is 1.00 e. The molecule has 0 heterocycles. The standard InChI is InChI=1S/C6H5BrO2S.Na.H/c7-5-1-3-6(4-2-5)10(8)9;;/h1-4H,(H,8,9);;/q;+1;-1. The quantitative estimate of drug-likeness (QED) is 0.516. The van der Waals surface area contributed by atoms with Crippen LogP contribution >= 0.6 is 15.9 Å². The normalized spacial score (nSPS) is 11.8. The third-order valence-corrected chi connectivity index (χ3v) is 2.22. The third kappa shape index (κ3) is 3.83. The molecular weight excluding hydrogens is 239 g/mol. The zero-order valence-corrected chi connectivity index (χ0v) is 10.4. The molecule has 1 aromatic rings. The molecule has 0 amide bonds. The second kappa shape index (κ2) is 5.45. The molecule has 0 saturated carbocycles. The molecule has 56 valence electrons. The van der Waals surface area contributed by atoms with Crippen LogP contribution in [0.15, 0.2) is 33.6 Å². The van der Waals surface area contributed by atoms with Crippen molar-refractivity contribution in [2.24, 2.45) is 0 Å². The van der Waals surface area contributed by atoms with Gasteiger partial charge in [0.2, 0.25) is 0 Å². The summed E-state index contributed by atoms with van der Waals surface area (Å²) in [4.78, 5) is 0.420. The average molecular weight is 245 g/mol. The van der Waals surface area contributed by atoms with Gasteiger partial charge in [-0.25, -0.2) is 4.21 Å². The molecule has 1 unspecified atom stereocenters. The van der Waals surface area contributed by atoms with E-state index in [0.29, 0.717) is 4.90 Å². The van der Waals surface area contributed by atoms with Gasteiger partial charge in [-0.05, 0) is 24.3 Å². The van der Waals surface area contributed by atoms with E-state index in [9.17, 15) is 4.21 Å². The minimum absolute atomic E-state index is 0. The number of benzene rings is 1. The van der Waals surface area contributed by atoms with Gasteiger partial charge >= 0.3 is 29.6 Å². The number of halogens is 1. The second-order valence-corrected chi connectivity index (χ2v) is 3.59. The Kier molecular flexibility index (Phi) is 5.86. The first-order valence-corrected chi connectivity index (χ1v) is 4.46. The van der Waals surface area contributed by atoms with Crippen LogP contribution in [0.1, 0.15) is 1.43 Å². The van der Waals surface area contributed by atoms with Gasteiger partial charge in [0.1, 0.15) is 0 Å². The molecule has 0 aliphatic rings. The smallest absolute Gasteiger partial charge is 1.00 e. The first-order valence-electron chi connectivity index (χ1n) is 2.56. The van der Waals surface area contributed by atoms with Crippen molar-refractivity contribution in [2.45, 2.75) is 4.90 Å². The van der Waals surface area contributed by atoms with Crippen LogP contribution in [-0.4, -0.2) is 8.76 Å². The number of hydrogen-bond donors (Lipinski definition) is 1. The minimum Gasteiger partial charge on any atom is -1.00 e. The number of rotatable bonds is 1. The fraction of sp³-hybridized carbons (Fsp3) is 0. The van der Waals surface area contributed by atoms with Crippen LogP contribution in [-0.2, 0) is 11.1 Å². The van der Waals surface area contributed by atoms with E-state index in [0.717, 1.165) is 4.47 Å². The van der Waals surface area contributed by atoms with E-state index in [2.05, 4.69) is 15.9 Å². The Hall–Kier alpha value is 0.810. The summed E-state index contributed by atoms with van der Waals surface area (Å²) in [7, 11) is 0. The average Bonchev–Trinajstić information content (AvgIpc) is 1.88.